The SMILES string of the molecule is CC/C=C\C/C=C\C/C=C\C/C=C\C/C=C\C/C=C\CCCCCCC(=O)OCC(COC(=O)CCCCCCC)OC(=O)CCCCCCCCCCC. The molecule has 0 N–H and O–H groups in total. The molecule has 0 radical (unpaired) electrons. The molecule has 0 aromatic heterocycles. The summed E-state index contributed by atoms with van der Waals surface area (Å²) in [5, 5.41) is 0. The van der Waals surface area contributed by atoms with Crippen LogP contribution in [0.1, 0.15) is 201 Å². The zero-order chi connectivity index (χ0) is 40.1. The van der Waals surface area contributed by atoms with Crippen molar-refractivity contribution < 1.29 is 28.6 Å². The molecule has 0 aliphatic rings. The second-order valence-electron chi connectivity index (χ2n) is 14.6. The maximum absolute atomic E-state index is 12.6. The average molecular weight is 767 g/mol. The van der Waals surface area contributed by atoms with Gasteiger partial charge in [-0.3, -0.25) is 14.4 Å². The summed E-state index contributed by atoms with van der Waals surface area (Å²) >= 11 is 0. The predicted octanol–water partition coefficient (Wildman–Crippen LogP) is 14.3. The third kappa shape index (κ3) is 41.8. The van der Waals surface area contributed by atoms with E-state index in [9.17, 15) is 14.4 Å². The van der Waals surface area contributed by atoms with E-state index >= 15 is 0 Å². The summed E-state index contributed by atoms with van der Waals surface area (Å²) in [6.45, 7) is 6.37. The van der Waals surface area contributed by atoms with Gasteiger partial charge in [0.2, 0.25) is 0 Å². The predicted molar refractivity (Wildman–Crippen MR) is 233 cm³/mol. The lowest BCUT2D eigenvalue weighted by molar-refractivity contribution is -0.167. The molecular formula is C49H82O6. The fourth-order valence-electron chi connectivity index (χ4n) is 5.85. The minimum atomic E-state index is -0.777. The Morgan fingerprint density at radius 3 is 1.11 bits per heavy atom. The third-order valence-corrected chi connectivity index (χ3v) is 9.23. The molecule has 1 unspecified atom stereocenters. The quantitative estimate of drug-likeness (QED) is 0.0268. The van der Waals surface area contributed by atoms with Gasteiger partial charge in [0.05, 0.1) is 0 Å². The van der Waals surface area contributed by atoms with Crippen molar-refractivity contribution in [3.05, 3.63) is 72.9 Å². The van der Waals surface area contributed by atoms with Crippen LogP contribution in [0, 0.1) is 0 Å². The van der Waals surface area contributed by atoms with Crippen molar-refractivity contribution >= 4 is 17.9 Å². The fourth-order valence-corrected chi connectivity index (χ4v) is 5.85. The lowest BCUT2D eigenvalue weighted by Crippen LogP contribution is -2.30. The minimum absolute atomic E-state index is 0.0842. The molecule has 1 atom stereocenters. The topological polar surface area (TPSA) is 78.9 Å². The zero-order valence-corrected chi connectivity index (χ0v) is 35.7. The molecule has 6 nitrogen and oxygen atoms in total. The van der Waals surface area contributed by atoms with Crippen molar-refractivity contribution in [3.8, 4) is 0 Å². The van der Waals surface area contributed by atoms with Crippen LogP contribution in [0.15, 0.2) is 72.9 Å². The van der Waals surface area contributed by atoms with Crippen molar-refractivity contribution in [2.45, 2.75) is 207 Å². The monoisotopic (exact) mass is 767 g/mol. The van der Waals surface area contributed by atoms with Crippen LogP contribution in [-0.2, 0) is 28.6 Å². The van der Waals surface area contributed by atoms with Crippen LogP contribution in [0.3, 0.4) is 0 Å². The number of allylic oxidation sites excluding steroid dienone is 12. The summed E-state index contributed by atoms with van der Waals surface area (Å²) in [5.74, 6) is -0.933. The molecule has 314 valence electrons. The standard InChI is InChI=1S/C49H82O6/c1-4-7-10-13-15-17-18-19-20-21-22-23-24-25-26-27-28-29-30-32-33-36-39-42-48(51)54-45-46(44-53-47(50)41-38-35-12-9-6-3)55-49(52)43-40-37-34-31-16-14-11-8-5-2/h7,10,15,17,19-20,22-23,25-26,28-29,46H,4-6,8-9,11-14,16,18,21,24,27,30-45H2,1-3H3/b10-7-,17-15-,20-19-,23-22-,26-25-,29-28-. The molecule has 0 saturated heterocycles. The van der Waals surface area contributed by atoms with Crippen molar-refractivity contribution in [2.75, 3.05) is 13.2 Å². The molecule has 0 aromatic rings. The highest BCUT2D eigenvalue weighted by Crippen LogP contribution is 2.13. The number of carbonyl (C=O) groups is 3. The second kappa shape index (κ2) is 43.6. The Bertz CT molecular complexity index is 1070. The number of carbonyl (C=O) groups excluding carboxylic acids is 3. The molecule has 6 heteroatoms. The van der Waals surface area contributed by atoms with Crippen LogP contribution < -0.4 is 0 Å². The maximum atomic E-state index is 12.6. The van der Waals surface area contributed by atoms with Gasteiger partial charge in [0, 0.05) is 19.3 Å². The number of rotatable bonds is 39. The summed E-state index contributed by atoms with van der Waals surface area (Å²) in [7, 11) is 0. The van der Waals surface area contributed by atoms with Gasteiger partial charge in [-0.25, -0.2) is 0 Å². The van der Waals surface area contributed by atoms with E-state index in [0.717, 1.165) is 116 Å². The average Bonchev–Trinajstić information content (AvgIpc) is 3.18. The van der Waals surface area contributed by atoms with E-state index in [1.165, 1.54) is 44.9 Å². The molecule has 0 saturated carbocycles. The Hall–Kier alpha value is -3.15. The molecular weight excluding hydrogens is 685 g/mol. The number of ether oxygens (including phenoxy) is 3. The Kier molecular flexibility index (Phi) is 41.1. The lowest BCUT2D eigenvalue weighted by Gasteiger charge is -2.18. The Morgan fingerprint density at radius 1 is 0.382 bits per heavy atom. The third-order valence-electron chi connectivity index (χ3n) is 9.23. The summed E-state index contributed by atoms with van der Waals surface area (Å²) < 4.78 is 16.5. The van der Waals surface area contributed by atoms with Crippen LogP contribution >= 0.6 is 0 Å². The molecule has 0 heterocycles. The smallest absolute Gasteiger partial charge is 0.306 e. The maximum Gasteiger partial charge on any atom is 0.306 e. The first kappa shape index (κ1) is 51.9. The fraction of sp³-hybridized carbons (Fsp3) is 0.694. The van der Waals surface area contributed by atoms with E-state index in [1.807, 2.05) is 0 Å². The molecule has 0 amide bonds. The molecule has 0 aromatic carbocycles. The largest absolute Gasteiger partial charge is 0.462 e. The molecule has 0 spiro atoms. The van der Waals surface area contributed by atoms with E-state index in [2.05, 4.69) is 93.7 Å². The van der Waals surface area contributed by atoms with E-state index in [4.69, 9.17) is 14.2 Å². The number of unbranched alkanes of at least 4 members (excludes halogenated alkanes) is 16. The first-order valence-electron chi connectivity index (χ1n) is 22.4. The van der Waals surface area contributed by atoms with E-state index in [-0.39, 0.29) is 31.1 Å². The molecule has 55 heavy (non-hydrogen) atoms. The normalized spacial score (nSPS) is 12.7. The van der Waals surface area contributed by atoms with Crippen LogP contribution in [-0.4, -0.2) is 37.2 Å². The lowest BCUT2D eigenvalue weighted by atomic mass is 10.1. The van der Waals surface area contributed by atoms with Crippen LogP contribution in [0.25, 0.3) is 0 Å². The molecule has 0 fully saturated rings. The van der Waals surface area contributed by atoms with Gasteiger partial charge in [0.1, 0.15) is 13.2 Å². The summed E-state index contributed by atoms with van der Waals surface area (Å²) in [5.41, 5.74) is 0. The summed E-state index contributed by atoms with van der Waals surface area (Å²) in [6.07, 6.45) is 53.5. The number of esters is 3. The molecule has 0 aliphatic heterocycles. The zero-order valence-electron chi connectivity index (χ0n) is 35.7. The van der Waals surface area contributed by atoms with Gasteiger partial charge in [-0.2, -0.15) is 0 Å². The van der Waals surface area contributed by atoms with Gasteiger partial charge >= 0.3 is 17.9 Å². The highest BCUT2D eigenvalue weighted by atomic mass is 16.6. The number of hydrogen-bond acceptors (Lipinski definition) is 6. The van der Waals surface area contributed by atoms with Crippen molar-refractivity contribution in [1.29, 1.82) is 0 Å². The summed E-state index contributed by atoms with van der Waals surface area (Å²) in [4.78, 5) is 37.4. The first-order valence-corrected chi connectivity index (χ1v) is 22.4. The first-order chi connectivity index (χ1) is 27.0. The Labute approximate surface area is 338 Å². The number of hydrogen-bond donors (Lipinski definition) is 0. The molecule has 0 rings (SSSR count). The van der Waals surface area contributed by atoms with Crippen molar-refractivity contribution in [3.63, 3.8) is 0 Å². The van der Waals surface area contributed by atoms with Crippen LogP contribution in [0.2, 0.25) is 0 Å². The van der Waals surface area contributed by atoms with Gasteiger partial charge in [-0.05, 0) is 70.6 Å². The highest BCUT2D eigenvalue weighted by molar-refractivity contribution is 5.71. The van der Waals surface area contributed by atoms with E-state index in [1.54, 1.807) is 0 Å². The Morgan fingerprint density at radius 2 is 0.709 bits per heavy atom. The van der Waals surface area contributed by atoms with Crippen LogP contribution in [0.5, 0.6) is 0 Å². The van der Waals surface area contributed by atoms with Crippen molar-refractivity contribution in [2.24, 2.45) is 0 Å². The van der Waals surface area contributed by atoms with Gasteiger partial charge in [-0.1, -0.05) is 184 Å². The molecule has 0 bridgehead atoms. The van der Waals surface area contributed by atoms with E-state index in [0.29, 0.717) is 19.3 Å². The van der Waals surface area contributed by atoms with E-state index < -0.39 is 6.10 Å². The van der Waals surface area contributed by atoms with Crippen LogP contribution in [0.4, 0.5) is 0 Å². The van der Waals surface area contributed by atoms with Gasteiger partial charge in [-0.15, -0.1) is 0 Å². The van der Waals surface area contributed by atoms with Gasteiger partial charge < -0.3 is 14.2 Å². The Balaban J connectivity index is 4.20. The second-order valence-corrected chi connectivity index (χ2v) is 14.6. The van der Waals surface area contributed by atoms with Gasteiger partial charge in [0.15, 0.2) is 6.10 Å². The minimum Gasteiger partial charge on any atom is -0.462 e. The van der Waals surface area contributed by atoms with Crippen molar-refractivity contribution in [1.82, 2.24) is 0 Å². The van der Waals surface area contributed by atoms with Gasteiger partial charge in [0.25, 0.3) is 0 Å². The molecule has 0 aliphatic carbocycles. The summed E-state index contributed by atoms with van der Waals surface area (Å²) in [6, 6.07) is 0. The highest BCUT2D eigenvalue weighted by Gasteiger charge is 2.19.